The fourth-order valence-corrected chi connectivity index (χ4v) is 3.61. The van der Waals surface area contributed by atoms with E-state index in [1.165, 1.54) is 0 Å². The molecule has 2 N–H and O–H groups in total. The van der Waals surface area contributed by atoms with E-state index in [0.29, 0.717) is 53.2 Å². The number of hydrogen-bond acceptors (Lipinski definition) is 6. The predicted octanol–water partition coefficient (Wildman–Crippen LogP) is 4.82. The van der Waals surface area contributed by atoms with Crippen LogP contribution in [0.4, 0.5) is 0 Å². The highest BCUT2D eigenvalue weighted by molar-refractivity contribution is 9.10. The molecule has 1 aromatic heterocycles. The van der Waals surface area contributed by atoms with Crippen LogP contribution in [-0.4, -0.2) is 40.5 Å². The molecule has 0 fully saturated rings. The number of carbonyl (C=O) groups is 1. The maximum atomic E-state index is 13.0. The van der Waals surface area contributed by atoms with Crippen LogP contribution in [-0.2, 0) is 6.54 Å². The summed E-state index contributed by atoms with van der Waals surface area (Å²) in [5.74, 6) is 1.69. The Labute approximate surface area is 200 Å². The maximum Gasteiger partial charge on any atom is 0.251 e. The van der Waals surface area contributed by atoms with Crippen LogP contribution in [0.5, 0.6) is 17.2 Å². The Kier molecular flexibility index (Phi) is 8.29. The number of amides is 1. The molecule has 1 heterocycles. The van der Waals surface area contributed by atoms with Crippen molar-refractivity contribution in [3.63, 3.8) is 0 Å². The summed E-state index contributed by atoms with van der Waals surface area (Å²) < 4.78 is 20.3. The third-order valence-corrected chi connectivity index (χ3v) is 5.21. The number of ether oxygens (including phenoxy) is 3. The number of benzene rings is 2. The average molecular weight is 521 g/mol. The molecule has 32 heavy (non-hydrogen) atoms. The first-order valence-corrected chi connectivity index (χ1v) is 11.4. The Bertz CT molecular complexity index is 1100. The summed E-state index contributed by atoms with van der Waals surface area (Å²) in [5.41, 5.74) is 1.24. The van der Waals surface area contributed by atoms with E-state index in [1.54, 1.807) is 16.7 Å². The van der Waals surface area contributed by atoms with Gasteiger partial charge >= 0.3 is 0 Å². The predicted molar refractivity (Wildman–Crippen MR) is 128 cm³/mol. The summed E-state index contributed by atoms with van der Waals surface area (Å²) in [7, 11) is 0. The molecule has 0 aliphatic carbocycles. The van der Waals surface area contributed by atoms with Crippen LogP contribution in [0.3, 0.4) is 0 Å². The molecule has 0 bridgehead atoms. The first-order valence-electron chi connectivity index (χ1n) is 10.2. The van der Waals surface area contributed by atoms with E-state index < -0.39 is 0 Å². The summed E-state index contributed by atoms with van der Waals surface area (Å²) in [6, 6.07) is 11.0. The summed E-state index contributed by atoms with van der Waals surface area (Å²) in [6.45, 7) is 7.09. The first kappa shape index (κ1) is 23.8. The average Bonchev–Trinajstić information content (AvgIpc) is 3.15. The normalized spacial score (nSPS) is 10.6. The molecular weight excluding hydrogens is 496 g/mol. The van der Waals surface area contributed by atoms with Crippen LogP contribution in [0.15, 0.2) is 40.9 Å². The molecule has 2 aromatic carbocycles. The zero-order valence-electron chi connectivity index (χ0n) is 18.1. The second-order valence-electron chi connectivity index (χ2n) is 6.54. The van der Waals surface area contributed by atoms with Gasteiger partial charge in [0.05, 0.1) is 26.4 Å². The van der Waals surface area contributed by atoms with Crippen molar-refractivity contribution in [3.8, 4) is 22.9 Å². The highest BCUT2D eigenvalue weighted by Crippen LogP contribution is 2.39. The fraction of sp³-hybridized carbons (Fsp3) is 0.318. The molecule has 0 atom stereocenters. The minimum absolute atomic E-state index is 0.170. The highest BCUT2D eigenvalue weighted by atomic mass is 79.9. The van der Waals surface area contributed by atoms with E-state index >= 15 is 0 Å². The summed E-state index contributed by atoms with van der Waals surface area (Å²) in [6.07, 6.45) is 0. The molecule has 1 amide bonds. The lowest BCUT2D eigenvalue weighted by Gasteiger charge is -2.17. The number of aromatic amines is 1. The van der Waals surface area contributed by atoms with Gasteiger partial charge in [0.25, 0.3) is 5.91 Å². The van der Waals surface area contributed by atoms with Crippen molar-refractivity contribution >= 4 is 34.1 Å². The van der Waals surface area contributed by atoms with Crippen LogP contribution in [0.1, 0.15) is 37.0 Å². The van der Waals surface area contributed by atoms with Crippen molar-refractivity contribution in [2.75, 3.05) is 19.8 Å². The number of hydrogen-bond donors (Lipinski definition) is 2. The van der Waals surface area contributed by atoms with Crippen LogP contribution < -0.4 is 19.5 Å². The maximum absolute atomic E-state index is 13.0. The van der Waals surface area contributed by atoms with Gasteiger partial charge in [-0.15, -0.1) is 0 Å². The van der Waals surface area contributed by atoms with E-state index in [2.05, 4.69) is 31.4 Å². The minimum Gasteiger partial charge on any atom is -0.490 e. The number of nitrogens with one attached hydrogen (secondary N) is 2. The second-order valence-corrected chi connectivity index (χ2v) is 7.84. The van der Waals surface area contributed by atoms with Gasteiger partial charge in [0, 0.05) is 15.7 Å². The van der Waals surface area contributed by atoms with Crippen molar-refractivity contribution in [1.82, 2.24) is 20.1 Å². The van der Waals surface area contributed by atoms with Gasteiger partial charge in [0.15, 0.2) is 22.1 Å². The van der Waals surface area contributed by atoms with E-state index in [-0.39, 0.29) is 12.5 Å². The van der Waals surface area contributed by atoms with E-state index in [0.717, 1.165) is 10.2 Å². The van der Waals surface area contributed by atoms with Gasteiger partial charge in [-0.1, -0.05) is 15.9 Å². The summed E-state index contributed by atoms with van der Waals surface area (Å²) in [4.78, 5) is 13.0. The topological polar surface area (TPSA) is 90.4 Å². The zero-order chi connectivity index (χ0) is 23.1. The summed E-state index contributed by atoms with van der Waals surface area (Å²) in [5, 5.41) is 9.94. The summed E-state index contributed by atoms with van der Waals surface area (Å²) >= 11 is 8.79. The molecule has 0 saturated heterocycles. The number of nitrogens with zero attached hydrogens (tertiary/aromatic N) is 2. The SMILES string of the molecule is CCOc1cc(C(=O)NCc2n[nH]c(=S)n2-c2ccc(Br)cc2)cc(OCC)c1OCC. The molecule has 0 aliphatic rings. The monoisotopic (exact) mass is 520 g/mol. The standard InChI is InChI=1S/C22H25BrN4O4S/c1-4-29-17-11-14(12-18(30-5-2)20(17)31-6-3)21(28)24-13-19-25-26-22(32)27(19)16-9-7-15(23)8-10-16/h7-12H,4-6,13H2,1-3H3,(H,24,28)(H,26,32). The number of rotatable bonds is 10. The second kappa shape index (κ2) is 11.1. The van der Waals surface area contributed by atoms with Gasteiger partial charge in [-0.25, -0.2) is 0 Å². The Morgan fingerprint density at radius 3 is 2.22 bits per heavy atom. The Morgan fingerprint density at radius 2 is 1.66 bits per heavy atom. The highest BCUT2D eigenvalue weighted by Gasteiger charge is 2.19. The quantitative estimate of drug-likeness (QED) is 0.372. The molecule has 8 nitrogen and oxygen atoms in total. The van der Waals surface area contributed by atoms with Gasteiger partial charge in [-0.3, -0.25) is 14.5 Å². The molecule has 3 aromatic rings. The Hall–Kier alpha value is -2.85. The number of H-pyrrole nitrogens is 1. The number of halogens is 1. The Morgan fingerprint density at radius 1 is 1.06 bits per heavy atom. The molecule has 0 unspecified atom stereocenters. The van der Waals surface area contributed by atoms with Crippen molar-refractivity contribution in [3.05, 3.63) is 57.0 Å². The van der Waals surface area contributed by atoms with Crippen molar-refractivity contribution in [2.24, 2.45) is 0 Å². The van der Waals surface area contributed by atoms with Crippen LogP contribution in [0, 0.1) is 4.77 Å². The molecule has 0 radical (unpaired) electrons. The van der Waals surface area contributed by atoms with E-state index in [9.17, 15) is 4.79 Å². The number of carbonyl (C=O) groups excluding carboxylic acids is 1. The minimum atomic E-state index is -0.300. The fourth-order valence-electron chi connectivity index (χ4n) is 3.09. The molecule has 0 spiro atoms. The smallest absolute Gasteiger partial charge is 0.251 e. The zero-order valence-corrected chi connectivity index (χ0v) is 20.5. The molecule has 0 aliphatic heterocycles. The van der Waals surface area contributed by atoms with E-state index in [4.69, 9.17) is 26.4 Å². The van der Waals surface area contributed by atoms with Crippen LogP contribution in [0.2, 0.25) is 0 Å². The van der Waals surface area contributed by atoms with Gasteiger partial charge < -0.3 is 19.5 Å². The van der Waals surface area contributed by atoms with Crippen molar-refractivity contribution in [2.45, 2.75) is 27.3 Å². The molecule has 3 rings (SSSR count). The molecule has 170 valence electrons. The largest absolute Gasteiger partial charge is 0.490 e. The van der Waals surface area contributed by atoms with Crippen LogP contribution >= 0.6 is 28.1 Å². The first-order chi connectivity index (χ1) is 15.5. The van der Waals surface area contributed by atoms with Crippen molar-refractivity contribution in [1.29, 1.82) is 0 Å². The van der Waals surface area contributed by atoms with Gasteiger partial charge in [0.1, 0.15) is 0 Å². The molecular formula is C22H25BrN4O4S. The number of aromatic nitrogens is 3. The lowest BCUT2D eigenvalue weighted by molar-refractivity contribution is 0.0948. The molecule has 0 saturated carbocycles. The van der Waals surface area contributed by atoms with Crippen LogP contribution in [0.25, 0.3) is 5.69 Å². The molecule has 10 heteroatoms. The Balaban J connectivity index is 1.85. The van der Waals surface area contributed by atoms with Gasteiger partial charge in [-0.2, -0.15) is 5.10 Å². The lowest BCUT2D eigenvalue weighted by Crippen LogP contribution is -2.25. The van der Waals surface area contributed by atoms with Gasteiger partial charge in [-0.05, 0) is 69.4 Å². The van der Waals surface area contributed by atoms with Crippen molar-refractivity contribution < 1.29 is 19.0 Å². The third kappa shape index (κ3) is 5.49. The van der Waals surface area contributed by atoms with Gasteiger partial charge in [0.2, 0.25) is 5.75 Å². The third-order valence-electron chi connectivity index (χ3n) is 4.41. The lowest BCUT2D eigenvalue weighted by atomic mass is 10.1. The van der Waals surface area contributed by atoms with E-state index in [1.807, 2.05) is 45.0 Å².